The first-order chi connectivity index (χ1) is 12.2. The second kappa shape index (κ2) is 8.60. The zero-order chi connectivity index (χ0) is 19.3. The monoisotopic (exact) mass is 394 g/mol. The van der Waals surface area contributed by atoms with Crippen LogP contribution in [0, 0.1) is 0 Å². The van der Waals surface area contributed by atoms with Gasteiger partial charge in [-0.3, -0.25) is 0 Å². The van der Waals surface area contributed by atoms with Gasteiger partial charge >= 0.3 is 6.03 Å². The molecule has 7 heteroatoms. The molecule has 1 N–H and O–H groups in total. The Morgan fingerprint density at radius 3 is 2.73 bits per heavy atom. The standard InChI is InChI=1S/C19H24Cl2N4O/c1-5-9-25(18(26)23-19(2,3)4)13-17-22-8-10-24(17)12-14-6-7-15(20)11-16(14)21/h5-8,10-11H,1,9,12-13H2,2-4H3,(H,23,26). The second-order valence-corrected chi connectivity index (χ2v) is 7.90. The lowest BCUT2D eigenvalue weighted by molar-refractivity contribution is 0.190. The van der Waals surface area contributed by atoms with E-state index in [0.29, 0.717) is 29.7 Å². The summed E-state index contributed by atoms with van der Waals surface area (Å²) in [7, 11) is 0. The summed E-state index contributed by atoms with van der Waals surface area (Å²) in [6.45, 7) is 10.9. The summed E-state index contributed by atoms with van der Waals surface area (Å²) in [6, 6.07) is 5.26. The first kappa shape index (κ1) is 20.3. The van der Waals surface area contributed by atoms with E-state index >= 15 is 0 Å². The summed E-state index contributed by atoms with van der Waals surface area (Å²) in [6.07, 6.45) is 5.28. The number of hydrogen-bond acceptors (Lipinski definition) is 2. The van der Waals surface area contributed by atoms with Gasteiger partial charge in [0.05, 0.1) is 13.1 Å². The Bertz CT molecular complexity index is 780. The minimum Gasteiger partial charge on any atom is -0.333 e. The summed E-state index contributed by atoms with van der Waals surface area (Å²) in [5, 5.41) is 4.17. The van der Waals surface area contributed by atoms with Gasteiger partial charge in [0.25, 0.3) is 0 Å². The lowest BCUT2D eigenvalue weighted by atomic mass is 10.1. The molecule has 0 saturated heterocycles. The van der Waals surface area contributed by atoms with Crippen LogP contribution >= 0.6 is 23.2 Å². The molecule has 2 amide bonds. The van der Waals surface area contributed by atoms with Gasteiger partial charge in [0, 0.05) is 34.5 Å². The third-order valence-corrected chi connectivity index (χ3v) is 4.20. The van der Waals surface area contributed by atoms with Crippen molar-refractivity contribution in [3.8, 4) is 0 Å². The van der Waals surface area contributed by atoms with E-state index in [-0.39, 0.29) is 11.6 Å². The maximum Gasteiger partial charge on any atom is 0.318 e. The number of nitrogens with one attached hydrogen (secondary N) is 1. The van der Waals surface area contributed by atoms with Gasteiger partial charge in [-0.25, -0.2) is 9.78 Å². The molecule has 140 valence electrons. The molecule has 1 aromatic carbocycles. The number of halogens is 2. The number of hydrogen-bond donors (Lipinski definition) is 1. The van der Waals surface area contributed by atoms with Crippen LogP contribution in [0.3, 0.4) is 0 Å². The smallest absolute Gasteiger partial charge is 0.318 e. The molecule has 0 bridgehead atoms. The van der Waals surface area contributed by atoms with Gasteiger partial charge in [0.1, 0.15) is 5.82 Å². The van der Waals surface area contributed by atoms with E-state index in [2.05, 4.69) is 16.9 Å². The van der Waals surface area contributed by atoms with Gasteiger partial charge in [-0.05, 0) is 38.5 Å². The molecule has 26 heavy (non-hydrogen) atoms. The molecule has 0 aliphatic heterocycles. The Hall–Kier alpha value is -1.98. The fraction of sp³-hybridized carbons (Fsp3) is 0.368. The third-order valence-electron chi connectivity index (χ3n) is 3.61. The molecular formula is C19H24Cl2N4O. The number of aromatic nitrogens is 2. The molecular weight excluding hydrogens is 371 g/mol. The van der Waals surface area contributed by atoms with Crippen LogP contribution in [-0.2, 0) is 13.1 Å². The number of imidazole rings is 1. The van der Waals surface area contributed by atoms with E-state index in [4.69, 9.17) is 23.2 Å². The van der Waals surface area contributed by atoms with Crippen LogP contribution in [0.4, 0.5) is 4.79 Å². The van der Waals surface area contributed by atoms with E-state index in [1.807, 2.05) is 37.6 Å². The predicted octanol–water partition coefficient (Wildman–Crippen LogP) is 4.73. The van der Waals surface area contributed by atoms with Crippen molar-refractivity contribution in [1.29, 1.82) is 0 Å². The van der Waals surface area contributed by atoms with Gasteiger partial charge in [0.2, 0.25) is 0 Å². The van der Waals surface area contributed by atoms with Gasteiger partial charge in [-0.1, -0.05) is 35.3 Å². The molecule has 2 rings (SSSR count). The first-order valence-electron chi connectivity index (χ1n) is 8.31. The van der Waals surface area contributed by atoms with Crippen molar-refractivity contribution in [2.24, 2.45) is 0 Å². The minimum absolute atomic E-state index is 0.156. The van der Waals surface area contributed by atoms with Crippen molar-refractivity contribution in [1.82, 2.24) is 19.8 Å². The average molecular weight is 395 g/mol. The summed E-state index contributed by atoms with van der Waals surface area (Å²) in [4.78, 5) is 18.6. The highest BCUT2D eigenvalue weighted by molar-refractivity contribution is 6.35. The van der Waals surface area contributed by atoms with E-state index in [1.54, 1.807) is 29.3 Å². The number of carbonyl (C=O) groups excluding carboxylic acids is 1. The largest absolute Gasteiger partial charge is 0.333 e. The first-order valence-corrected chi connectivity index (χ1v) is 9.07. The second-order valence-electron chi connectivity index (χ2n) is 7.06. The number of amides is 2. The van der Waals surface area contributed by atoms with Gasteiger partial charge in [-0.15, -0.1) is 6.58 Å². The molecule has 0 atom stereocenters. The van der Waals surface area contributed by atoms with Crippen LogP contribution in [0.1, 0.15) is 32.2 Å². The van der Waals surface area contributed by atoms with E-state index in [0.717, 1.165) is 11.4 Å². The van der Waals surface area contributed by atoms with E-state index in [1.165, 1.54) is 0 Å². The molecule has 0 unspecified atom stereocenters. The Balaban J connectivity index is 2.17. The third kappa shape index (κ3) is 5.78. The van der Waals surface area contributed by atoms with Crippen molar-refractivity contribution in [3.63, 3.8) is 0 Å². The number of carbonyl (C=O) groups is 1. The van der Waals surface area contributed by atoms with Gasteiger partial charge in [-0.2, -0.15) is 0 Å². The molecule has 0 saturated carbocycles. The molecule has 0 radical (unpaired) electrons. The fourth-order valence-electron chi connectivity index (χ4n) is 2.41. The number of urea groups is 1. The predicted molar refractivity (Wildman–Crippen MR) is 107 cm³/mol. The summed E-state index contributed by atoms with van der Waals surface area (Å²) in [5.41, 5.74) is 0.618. The molecule has 0 aliphatic carbocycles. The van der Waals surface area contributed by atoms with Gasteiger partial charge in [0.15, 0.2) is 0 Å². The van der Waals surface area contributed by atoms with Crippen molar-refractivity contribution < 1.29 is 4.79 Å². The molecule has 5 nitrogen and oxygen atoms in total. The van der Waals surface area contributed by atoms with Crippen molar-refractivity contribution >= 4 is 29.2 Å². The molecule has 0 aliphatic rings. The number of rotatable bonds is 6. The van der Waals surface area contributed by atoms with Gasteiger partial charge < -0.3 is 14.8 Å². The maximum atomic E-state index is 12.5. The van der Waals surface area contributed by atoms with Crippen LogP contribution in [-0.4, -0.2) is 32.6 Å². The molecule has 0 fully saturated rings. The Kier molecular flexibility index (Phi) is 6.73. The number of nitrogens with zero attached hydrogens (tertiary/aromatic N) is 3. The normalized spacial score (nSPS) is 11.3. The molecule has 0 spiro atoms. The Morgan fingerprint density at radius 1 is 1.38 bits per heavy atom. The van der Waals surface area contributed by atoms with Crippen LogP contribution in [0.5, 0.6) is 0 Å². The summed E-state index contributed by atoms with van der Waals surface area (Å²) >= 11 is 12.2. The van der Waals surface area contributed by atoms with Crippen LogP contribution in [0.25, 0.3) is 0 Å². The van der Waals surface area contributed by atoms with E-state index < -0.39 is 0 Å². The fourth-order valence-corrected chi connectivity index (χ4v) is 2.88. The van der Waals surface area contributed by atoms with Crippen LogP contribution < -0.4 is 5.32 Å². The minimum atomic E-state index is -0.317. The van der Waals surface area contributed by atoms with Crippen molar-refractivity contribution in [2.75, 3.05) is 6.54 Å². The lowest BCUT2D eigenvalue weighted by Crippen LogP contribution is -2.48. The Labute approximate surface area is 164 Å². The Morgan fingerprint density at radius 2 is 2.12 bits per heavy atom. The maximum absolute atomic E-state index is 12.5. The highest BCUT2D eigenvalue weighted by Crippen LogP contribution is 2.22. The molecule has 2 aromatic rings. The van der Waals surface area contributed by atoms with Crippen LogP contribution in [0.2, 0.25) is 10.0 Å². The van der Waals surface area contributed by atoms with E-state index in [9.17, 15) is 4.79 Å². The summed E-state index contributed by atoms with van der Waals surface area (Å²) in [5.74, 6) is 0.766. The highest BCUT2D eigenvalue weighted by Gasteiger charge is 2.20. The molecule has 1 heterocycles. The van der Waals surface area contributed by atoms with Crippen LogP contribution in [0.15, 0.2) is 43.2 Å². The lowest BCUT2D eigenvalue weighted by Gasteiger charge is -2.27. The number of benzene rings is 1. The topological polar surface area (TPSA) is 50.2 Å². The zero-order valence-electron chi connectivity index (χ0n) is 15.3. The average Bonchev–Trinajstić information content (AvgIpc) is 2.95. The quantitative estimate of drug-likeness (QED) is 0.719. The molecule has 1 aromatic heterocycles. The van der Waals surface area contributed by atoms with Crippen molar-refractivity contribution in [2.45, 2.75) is 39.4 Å². The summed E-state index contributed by atoms with van der Waals surface area (Å²) < 4.78 is 1.97. The van der Waals surface area contributed by atoms with Crippen molar-refractivity contribution in [3.05, 3.63) is 64.7 Å². The SMILES string of the molecule is C=CCN(Cc1nccn1Cc1ccc(Cl)cc1Cl)C(=O)NC(C)(C)C. The zero-order valence-corrected chi connectivity index (χ0v) is 16.8. The highest BCUT2D eigenvalue weighted by atomic mass is 35.5.